The number of piperazine rings is 1. The molecule has 4 rings (SSSR count). The minimum absolute atomic E-state index is 0.101. The Balaban J connectivity index is 1.36. The highest BCUT2D eigenvalue weighted by molar-refractivity contribution is 5.79. The summed E-state index contributed by atoms with van der Waals surface area (Å²) in [6.45, 7) is 3.26. The van der Waals surface area contributed by atoms with Crippen LogP contribution in [0.3, 0.4) is 0 Å². The van der Waals surface area contributed by atoms with E-state index in [4.69, 9.17) is 0 Å². The Bertz CT molecular complexity index is 675. The summed E-state index contributed by atoms with van der Waals surface area (Å²) in [5, 5.41) is 0. The lowest BCUT2D eigenvalue weighted by Gasteiger charge is -2.37. The molecule has 2 aromatic rings. The Hall–Kier alpha value is -2.37. The summed E-state index contributed by atoms with van der Waals surface area (Å²) in [7, 11) is 0. The lowest BCUT2D eigenvalue weighted by molar-refractivity contribution is -0.136. The third kappa shape index (κ3) is 2.81. The molecule has 6 heteroatoms. The fourth-order valence-corrected chi connectivity index (χ4v) is 3.57. The molecule has 0 unspecified atom stereocenters. The monoisotopic (exact) mass is 311 g/mol. The van der Waals surface area contributed by atoms with Crippen molar-refractivity contribution in [2.45, 2.75) is 19.3 Å². The molecule has 1 N–H and O–H groups in total. The number of carbonyl (C=O) groups excluding carboxylic acids is 1. The zero-order valence-electron chi connectivity index (χ0n) is 13.1. The number of hydrogen-bond acceptors (Lipinski definition) is 4. The van der Waals surface area contributed by atoms with Gasteiger partial charge in [0.25, 0.3) is 0 Å². The molecule has 0 radical (unpaired) electrons. The molecule has 1 aliphatic heterocycles. The van der Waals surface area contributed by atoms with Crippen LogP contribution in [0.15, 0.2) is 30.7 Å². The first kappa shape index (κ1) is 14.2. The number of amides is 1. The van der Waals surface area contributed by atoms with Crippen molar-refractivity contribution in [3.05, 3.63) is 42.1 Å². The fourth-order valence-electron chi connectivity index (χ4n) is 3.57. The van der Waals surface area contributed by atoms with Crippen molar-refractivity contribution in [2.24, 2.45) is 5.92 Å². The average molecular weight is 311 g/mol. The van der Waals surface area contributed by atoms with E-state index in [9.17, 15) is 4.79 Å². The smallest absolute Gasteiger partial charge is 0.226 e. The lowest BCUT2D eigenvalue weighted by atomic mass is 9.88. The van der Waals surface area contributed by atoms with Crippen molar-refractivity contribution in [1.29, 1.82) is 0 Å². The van der Waals surface area contributed by atoms with Crippen LogP contribution >= 0.6 is 0 Å². The number of imidazole rings is 1. The Morgan fingerprint density at radius 1 is 1.17 bits per heavy atom. The van der Waals surface area contributed by atoms with Crippen LogP contribution in [0.25, 0.3) is 0 Å². The van der Waals surface area contributed by atoms with E-state index >= 15 is 0 Å². The molecule has 2 aromatic heterocycles. The molecular weight excluding hydrogens is 290 g/mol. The van der Waals surface area contributed by atoms with Gasteiger partial charge in [-0.05, 0) is 25.0 Å². The molecule has 3 heterocycles. The first-order valence-electron chi connectivity index (χ1n) is 8.27. The second kappa shape index (κ2) is 6.02. The van der Waals surface area contributed by atoms with Crippen molar-refractivity contribution in [3.8, 4) is 0 Å². The molecule has 1 amide bonds. The molecule has 6 nitrogen and oxygen atoms in total. The fraction of sp³-hybridized carbons (Fsp3) is 0.471. The topological polar surface area (TPSA) is 65.1 Å². The number of aromatic amines is 1. The molecule has 1 aliphatic carbocycles. The van der Waals surface area contributed by atoms with Gasteiger partial charge in [0.05, 0.1) is 12.0 Å². The molecule has 0 spiro atoms. The predicted molar refractivity (Wildman–Crippen MR) is 87.1 cm³/mol. The number of anilines is 1. The maximum atomic E-state index is 12.8. The maximum Gasteiger partial charge on any atom is 0.226 e. The second-order valence-electron chi connectivity index (χ2n) is 6.27. The molecule has 0 aromatic carbocycles. The van der Waals surface area contributed by atoms with Crippen molar-refractivity contribution >= 4 is 11.7 Å². The Kier molecular flexibility index (Phi) is 3.73. The van der Waals surface area contributed by atoms with Gasteiger partial charge in [-0.25, -0.2) is 9.97 Å². The summed E-state index contributed by atoms with van der Waals surface area (Å²) in [5.41, 5.74) is 2.27. The zero-order chi connectivity index (χ0) is 15.6. The minimum atomic E-state index is 0.101. The molecule has 1 atom stereocenters. The highest BCUT2D eigenvalue weighted by atomic mass is 16.2. The van der Waals surface area contributed by atoms with Crippen LogP contribution in [0.1, 0.15) is 17.8 Å². The van der Waals surface area contributed by atoms with E-state index in [1.807, 2.05) is 29.3 Å². The highest BCUT2D eigenvalue weighted by Gasteiger charge is 2.31. The van der Waals surface area contributed by atoms with E-state index in [0.29, 0.717) is 5.91 Å². The molecule has 120 valence electrons. The van der Waals surface area contributed by atoms with Gasteiger partial charge < -0.3 is 14.8 Å². The number of nitrogens with zero attached hydrogens (tertiary/aromatic N) is 4. The van der Waals surface area contributed by atoms with Gasteiger partial charge in [0.1, 0.15) is 5.82 Å². The summed E-state index contributed by atoms with van der Waals surface area (Å²) in [6, 6.07) is 5.96. The van der Waals surface area contributed by atoms with E-state index in [0.717, 1.165) is 62.6 Å². The Morgan fingerprint density at radius 2 is 2.04 bits per heavy atom. The lowest BCUT2D eigenvalue weighted by Crippen LogP contribution is -2.51. The van der Waals surface area contributed by atoms with Gasteiger partial charge in [0, 0.05) is 50.4 Å². The van der Waals surface area contributed by atoms with Crippen LogP contribution in [0.2, 0.25) is 0 Å². The molecule has 1 saturated heterocycles. The van der Waals surface area contributed by atoms with Gasteiger partial charge in [0.15, 0.2) is 0 Å². The maximum absolute atomic E-state index is 12.8. The molecule has 2 aliphatic rings. The SMILES string of the molecule is O=C([C@@H]1CCc2nc[nH]c2C1)N1CCN(c2ccccn2)CC1. The number of aryl methyl sites for hydroxylation is 1. The predicted octanol–water partition coefficient (Wildman–Crippen LogP) is 1.26. The van der Waals surface area contributed by atoms with Crippen LogP contribution in [-0.2, 0) is 17.6 Å². The van der Waals surface area contributed by atoms with E-state index in [2.05, 4.69) is 19.9 Å². The van der Waals surface area contributed by atoms with E-state index < -0.39 is 0 Å². The number of H-pyrrole nitrogens is 1. The van der Waals surface area contributed by atoms with Crippen LogP contribution in [-0.4, -0.2) is 51.9 Å². The van der Waals surface area contributed by atoms with E-state index in [-0.39, 0.29) is 5.92 Å². The van der Waals surface area contributed by atoms with Gasteiger partial charge in [0.2, 0.25) is 5.91 Å². The normalized spacial score (nSPS) is 21.1. The van der Waals surface area contributed by atoms with E-state index in [1.54, 1.807) is 6.33 Å². The summed E-state index contributed by atoms with van der Waals surface area (Å²) < 4.78 is 0. The largest absolute Gasteiger partial charge is 0.353 e. The number of nitrogens with one attached hydrogen (secondary N) is 1. The van der Waals surface area contributed by atoms with E-state index in [1.165, 1.54) is 0 Å². The Labute approximate surface area is 135 Å². The molecule has 0 saturated carbocycles. The summed E-state index contributed by atoms with van der Waals surface area (Å²) in [4.78, 5) is 28.9. The molecular formula is C17H21N5O. The highest BCUT2D eigenvalue weighted by Crippen LogP contribution is 2.25. The first-order chi connectivity index (χ1) is 11.3. The van der Waals surface area contributed by atoms with Gasteiger partial charge in [-0.2, -0.15) is 0 Å². The van der Waals surface area contributed by atoms with Crippen molar-refractivity contribution < 1.29 is 4.79 Å². The molecule has 0 bridgehead atoms. The van der Waals surface area contributed by atoms with Crippen LogP contribution in [0.5, 0.6) is 0 Å². The number of hydrogen-bond donors (Lipinski definition) is 1. The summed E-state index contributed by atoms with van der Waals surface area (Å²) in [5.74, 6) is 1.40. The number of carbonyl (C=O) groups is 1. The zero-order valence-corrected chi connectivity index (χ0v) is 13.1. The van der Waals surface area contributed by atoms with Crippen molar-refractivity contribution in [2.75, 3.05) is 31.1 Å². The Morgan fingerprint density at radius 3 is 2.83 bits per heavy atom. The van der Waals surface area contributed by atoms with Crippen LogP contribution < -0.4 is 4.90 Å². The van der Waals surface area contributed by atoms with Crippen LogP contribution in [0, 0.1) is 5.92 Å². The second-order valence-corrected chi connectivity index (χ2v) is 6.27. The van der Waals surface area contributed by atoms with Gasteiger partial charge in [-0.15, -0.1) is 0 Å². The first-order valence-corrected chi connectivity index (χ1v) is 8.27. The summed E-state index contributed by atoms with van der Waals surface area (Å²) >= 11 is 0. The summed E-state index contributed by atoms with van der Waals surface area (Å²) in [6.07, 6.45) is 6.18. The minimum Gasteiger partial charge on any atom is -0.353 e. The van der Waals surface area contributed by atoms with Crippen molar-refractivity contribution in [1.82, 2.24) is 19.9 Å². The number of aromatic nitrogens is 3. The number of rotatable bonds is 2. The third-order valence-electron chi connectivity index (χ3n) is 4.90. The molecule has 1 fully saturated rings. The number of fused-ring (bicyclic) bond motifs is 1. The quantitative estimate of drug-likeness (QED) is 0.907. The third-order valence-corrected chi connectivity index (χ3v) is 4.90. The molecule has 23 heavy (non-hydrogen) atoms. The van der Waals surface area contributed by atoms with Gasteiger partial charge in [-0.1, -0.05) is 6.07 Å². The van der Waals surface area contributed by atoms with Crippen molar-refractivity contribution in [3.63, 3.8) is 0 Å². The standard InChI is InChI=1S/C17H21N5O/c23-17(13-4-5-14-15(11-13)20-12-19-14)22-9-7-21(8-10-22)16-3-1-2-6-18-16/h1-3,6,12-13H,4-5,7-11H2,(H,19,20)/t13-/m1/s1. The van der Waals surface area contributed by atoms with Gasteiger partial charge in [-0.3, -0.25) is 4.79 Å². The van der Waals surface area contributed by atoms with Crippen LogP contribution in [0.4, 0.5) is 5.82 Å². The number of pyridine rings is 1. The van der Waals surface area contributed by atoms with Gasteiger partial charge >= 0.3 is 0 Å². The average Bonchev–Trinajstić information content (AvgIpc) is 3.10.